The summed E-state index contributed by atoms with van der Waals surface area (Å²) >= 11 is 0. The molecule has 5 aliphatic rings. The molecule has 1 amide bonds. The normalized spacial score (nSPS) is 36.3. The zero-order valence-corrected chi connectivity index (χ0v) is 19.3. The third-order valence-electron chi connectivity index (χ3n) is 9.24. The Balaban J connectivity index is 1.34. The van der Waals surface area contributed by atoms with Crippen molar-refractivity contribution in [1.82, 2.24) is 15.1 Å². The summed E-state index contributed by atoms with van der Waals surface area (Å²) in [6.07, 6.45) is 4.76. The first-order chi connectivity index (χ1) is 15.9. The van der Waals surface area contributed by atoms with Crippen molar-refractivity contribution < 1.29 is 19.8 Å². The molecule has 2 saturated carbocycles. The van der Waals surface area contributed by atoms with Crippen LogP contribution in [0.3, 0.4) is 0 Å². The molecule has 0 radical (unpaired) electrons. The maximum Gasteiger partial charge on any atom is 0.223 e. The number of ketones is 1. The van der Waals surface area contributed by atoms with Gasteiger partial charge in [-0.15, -0.1) is 0 Å². The molecular weight excluding hydrogens is 418 g/mol. The van der Waals surface area contributed by atoms with E-state index in [-0.39, 0.29) is 36.3 Å². The number of piperazine rings is 1. The summed E-state index contributed by atoms with van der Waals surface area (Å²) in [7, 11) is 0. The maximum atomic E-state index is 13.5. The molecule has 7 nitrogen and oxygen atoms in total. The zero-order valence-electron chi connectivity index (χ0n) is 19.3. The Hall–Kier alpha value is -1.96. The standard InChI is InChI=1S/C26H35N3O4/c30-20-4-3-18-11-23-26(33)14-19(12-24(32)28-9-6-27-7-10-28)22(31)15-25(26,21(18)13-20)5-8-29(23)16-17-1-2-17/h3-4,13,17,19,23,27,30,33H,1-2,5-12,14-16H2/t19-,23+,25+,26+/m0/s1. The Morgan fingerprint density at radius 1 is 1.18 bits per heavy atom. The van der Waals surface area contributed by atoms with Gasteiger partial charge in [-0.1, -0.05) is 6.07 Å². The van der Waals surface area contributed by atoms with Crippen molar-refractivity contribution in [3.63, 3.8) is 0 Å². The fraction of sp³-hybridized carbons (Fsp3) is 0.692. The largest absolute Gasteiger partial charge is 0.508 e. The van der Waals surface area contributed by atoms with E-state index in [4.69, 9.17) is 0 Å². The first-order valence-electron chi connectivity index (χ1n) is 12.7. The fourth-order valence-corrected chi connectivity index (χ4v) is 7.28. The number of nitrogens with one attached hydrogen (secondary N) is 1. The van der Waals surface area contributed by atoms with Crippen LogP contribution in [0.1, 0.15) is 49.7 Å². The minimum atomic E-state index is -1.07. The van der Waals surface area contributed by atoms with E-state index in [9.17, 15) is 19.8 Å². The molecule has 33 heavy (non-hydrogen) atoms. The number of amides is 1. The summed E-state index contributed by atoms with van der Waals surface area (Å²) in [4.78, 5) is 30.8. The smallest absolute Gasteiger partial charge is 0.223 e. The lowest BCUT2D eigenvalue weighted by molar-refractivity contribution is -0.183. The number of phenolic OH excluding ortho intramolecular Hbond substituents is 1. The SMILES string of the molecule is O=C1C[C@]23CCN(CC4CC4)[C@H](Cc4ccc(O)cc42)[C@]3(O)C[C@@H]1CC(=O)N1CCNCC1. The first-order valence-corrected chi connectivity index (χ1v) is 12.7. The van der Waals surface area contributed by atoms with Crippen LogP contribution in [0.15, 0.2) is 18.2 Å². The highest BCUT2D eigenvalue weighted by Crippen LogP contribution is 2.59. The number of likely N-dealkylation sites (tertiary alicyclic amines) is 1. The molecule has 0 aromatic heterocycles. The average Bonchev–Trinajstić information content (AvgIpc) is 3.62. The summed E-state index contributed by atoms with van der Waals surface area (Å²) in [6, 6.07) is 5.44. The highest BCUT2D eigenvalue weighted by Gasteiger charge is 2.66. The predicted molar refractivity (Wildman–Crippen MR) is 123 cm³/mol. The van der Waals surface area contributed by atoms with Crippen LogP contribution in [0, 0.1) is 11.8 Å². The van der Waals surface area contributed by atoms with Gasteiger partial charge in [0.2, 0.25) is 5.91 Å². The van der Waals surface area contributed by atoms with Crippen LogP contribution in [0.25, 0.3) is 0 Å². The quantitative estimate of drug-likeness (QED) is 0.635. The number of hydrogen-bond donors (Lipinski definition) is 3. The topological polar surface area (TPSA) is 93.1 Å². The van der Waals surface area contributed by atoms with Gasteiger partial charge in [-0.25, -0.2) is 0 Å². The number of aromatic hydroxyl groups is 1. The van der Waals surface area contributed by atoms with Crippen LogP contribution in [-0.2, 0) is 21.4 Å². The van der Waals surface area contributed by atoms with Gasteiger partial charge in [-0.3, -0.25) is 14.5 Å². The number of nitrogens with zero attached hydrogens (tertiary/aromatic N) is 2. The Morgan fingerprint density at radius 2 is 1.97 bits per heavy atom. The van der Waals surface area contributed by atoms with Crippen molar-refractivity contribution in [2.24, 2.45) is 11.8 Å². The van der Waals surface area contributed by atoms with Gasteiger partial charge in [0.15, 0.2) is 0 Å². The van der Waals surface area contributed by atoms with Crippen LogP contribution < -0.4 is 5.32 Å². The van der Waals surface area contributed by atoms with E-state index in [0.29, 0.717) is 25.9 Å². The number of piperidine rings is 1. The van der Waals surface area contributed by atoms with Crippen molar-refractivity contribution in [3.05, 3.63) is 29.3 Å². The molecule has 7 heteroatoms. The molecule has 2 aliphatic heterocycles. The van der Waals surface area contributed by atoms with E-state index in [1.165, 1.54) is 12.8 Å². The highest BCUT2D eigenvalue weighted by atomic mass is 16.3. The molecule has 0 unspecified atom stereocenters. The molecule has 3 aliphatic carbocycles. The molecule has 4 atom stereocenters. The minimum absolute atomic E-state index is 0.0308. The Bertz CT molecular complexity index is 972. The van der Waals surface area contributed by atoms with E-state index in [1.54, 1.807) is 12.1 Å². The zero-order chi connectivity index (χ0) is 22.8. The summed E-state index contributed by atoms with van der Waals surface area (Å²) in [5.41, 5.74) is 0.359. The lowest BCUT2D eigenvalue weighted by atomic mass is 9.47. The number of fused-ring (bicyclic) bond motifs is 1. The van der Waals surface area contributed by atoms with Crippen molar-refractivity contribution >= 4 is 11.7 Å². The second kappa shape index (κ2) is 7.79. The number of benzene rings is 1. The van der Waals surface area contributed by atoms with Gasteiger partial charge in [0, 0.05) is 62.9 Å². The average molecular weight is 454 g/mol. The fourth-order valence-electron chi connectivity index (χ4n) is 7.28. The molecule has 4 fully saturated rings. The third-order valence-corrected chi connectivity index (χ3v) is 9.24. The van der Waals surface area contributed by atoms with E-state index >= 15 is 0 Å². The van der Waals surface area contributed by atoms with Crippen molar-refractivity contribution in [3.8, 4) is 5.75 Å². The molecule has 2 bridgehead atoms. The van der Waals surface area contributed by atoms with E-state index < -0.39 is 16.9 Å². The summed E-state index contributed by atoms with van der Waals surface area (Å²) < 4.78 is 0. The van der Waals surface area contributed by atoms with E-state index in [1.807, 2.05) is 11.0 Å². The van der Waals surface area contributed by atoms with Crippen molar-refractivity contribution in [2.45, 2.75) is 62.0 Å². The summed E-state index contributed by atoms with van der Waals surface area (Å²) in [5, 5.41) is 26.1. The van der Waals surface area contributed by atoms with Crippen molar-refractivity contribution in [2.75, 3.05) is 39.3 Å². The Labute approximate surface area is 195 Å². The number of hydrogen-bond acceptors (Lipinski definition) is 6. The summed E-state index contributed by atoms with van der Waals surface area (Å²) in [5.74, 6) is 0.593. The number of carbonyl (C=O) groups excluding carboxylic acids is 2. The molecule has 178 valence electrons. The second-order valence-corrected chi connectivity index (χ2v) is 11.1. The second-order valence-electron chi connectivity index (χ2n) is 11.1. The number of aliphatic hydroxyl groups is 1. The third kappa shape index (κ3) is 3.43. The molecule has 1 aromatic carbocycles. The maximum absolute atomic E-state index is 13.5. The van der Waals surface area contributed by atoms with Gasteiger partial charge >= 0.3 is 0 Å². The van der Waals surface area contributed by atoms with Crippen LogP contribution in [0.4, 0.5) is 0 Å². The highest BCUT2D eigenvalue weighted by molar-refractivity contribution is 5.89. The Kier molecular flexibility index (Phi) is 5.09. The first kappa shape index (κ1) is 21.6. The lowest BCUT2D eigenvalue weighted by Crippen LogP contribution is -2.74. The van der Waals surface area contributed by atoms with Gasteiger partial charge in [-0.2, -0.15) is 0 Å². The van der Waals surface area contributed by atoms with Gasteiger partial charge < -0.3 is 20.4 Å². The minimum Gasteiger partial charge on any atom is -0.508 e. The van der Waals surface area contributed by atoms with Crippen LogP contribution in [0.2, 0.25) is 0 Å². The van der Waals surface area contributed by atoms with E-state index in [0.717, 1.165) is 49.6 Å². The molecule has 0 spiro atoms. The monoisotopic (exact) mass is 453 g/mol. The van der Waals surface area contributed by atoms with Gasteiger partial charge in [0.05, 0.1) is 5.60 Å². The molecule has 2 saturated heterocycles. The lowest BCUT2D eigenvalue weighted by Gasteiger charge is -2.64. The van der Waals surface area contributed by atoms with Gasteiger partial charge in [0.1, 0.15) is 11.5 Å². The van der Waals surface area contributed by atoms with Crippen LogP contribution >= 0.6 is 0 Å². The predicted octanol–water partition coefficient (Wildman–Crippen LogP) is 1.20. The molecule has 6 rings (SSSR count). The molecule has 1 aromatic rings. The molecule has 2 heterocycles. The number of phenols is 1. The van der Waals surface area contributed by atoms with Gasteiger partial charge in [-0.05, 0) is 67.8 Å². The summed E-state index contributed by atoms with van der Waals surface area (Å²) in [6.45, 7) is 4.81. The number of rotatable bonds is 4. The van der Waals surface area contributed by atoms with Crippen LogP contribution in [-0.4, -0.2) is 82.6 Å². The van der Waals surface area contributed by atoms with Crippen molar-refractivity contribution in [1.29, 1.82) is 0 Å². The van der Waals surface area contributed by atoms with Gasteiger partial charge in [0.25, 0.3) is 0 Å². The number of Topliss-reactive ketones (excluding diaryl/α,β-unsaturated/α-hetero) is 1. The van der Waals surface area contributed by atoms with Crippen LogP contribution in [0.5, 0.6) is 5.75 Å². The molecule has 3 N–H and O–H groups in total. The molecular formula is C26H35N3O4. The Morgan fingerprint density at radius 3 is 2.73 bits per heavy atom. The van der Waals surface area contributed by atoms with E-state index in [2.05, 4.69) is 10.2 Å². The number of carbonyl (C=O) groups is 2.